The Kier molecular flexibility index (Phi) is 4.88. The number of carbonyl (C=O) groups is 2. The lowest BCUT2D eigenvalue weighted by Gasteiger charge is -2.35. The fourth-order valence-corrected chi connectivity index (χ4v) is 3.14. The Labute approximate surface area is 147 Å². The van der Waals surface area contributed by atoms with Crippen molar-refractivity contribution in [2.45, 2.75) is 26.3 Å². The molecule has 1 fully saturated rings. The summed E-state index contributed by atoms with van der Waals surface area (Å²) in [5.74, 6) is 0.788. The Morgan fingerprint density at radius 1 is 1.36 bits per heavy atom. The summed E-state index contributed by atoms with van der Waals surface area (Å²) in [6, 6.07) is 8.67. The van der Waals surface area contributed by atoms with Crippen molar-refractivity contribution < 1.29 is 14.3 Å². The summed E-state index contributed by atoms with van der Waals surface area (Å²) in [5, 5.41) is 3.76. The summed E-state index contributed by atoms with van der Waals surface area (Å²) in [6.45, 7) is 5.08. The minimum Gasteiger partial charge on any atom is -0.497 e. The molecule has 25 heavy (non-hydrogen) atoms. The number of ether oxygens (including phenoxy) is 1. The van der Waals surface area contributed by atoms with Crippen LogP contribution in [0.2, 0.25) is 0 Å². The molecule has 132 valence electrons. The van der Waals surface area contributed by atoms with E-state index in [1.54, 1.807) is 18.1 Å². The number of methoxy groups -OCH3 is 1. The number of benzene rings is 1. The standard InChI is InChI=1S/C19H23N3O3/c1-12(2)10-17-18(23)20-8-9-22(17)19(24)16-6-4-13-11-14(25-3)5-7-15(13)21-16/h4-7,11-12,17H,8-10H2,1-3H3,(H,20,23). The lowest BCUT2D eigenvalue weighted by molar-refractivity contribution is -0.128. The maximum Gasteiger partial charge on any atom is 0.273 e. The smallest absolute Gasteiger partial charge is 0.273 e. The van der Waals surface area contributed by atoms with E-state index in [-0.39, 0.29) is 11.8 Å². The zero-order chi connectivity index (χ0) is 18.0. The molecule has 0 radical (unpaired) electrons. The van der Waals surface area contributed by atoms with Crippen molar-refractivity contribution in [3.05, 3.63) is 36.0 Å². The molecule has 0 aliphatic carbocycles. The van der Waals surface area contributed by atoms with Crippen molar-refractivity contribution in [1.29, 1.82) is 0 Å². The van der Waals surface area contributed by atoms with Crippen molar-refractivity contribution >= 4 is 22.7 Å². The predicted molar refractivity (Wildman–Crippen MR) is 95.6 cm³/mol. The molecule has 0 saturated carbocycles. The second-order valence-electron chi connectivity index (χ2n) is 6.69. The number of carbonyl (C=O) groups excluding carboxylic acids is 2. The first-order chi connectivity index (χ1) is 12.0. The molecule has 1 atom stereocenters. The van der Waals surface area contributed by atoms with Crippen LogP contribution in [0.4, 0.5) is 0 Å². The molecule has 2 amide bonds. The normalized spacial score (nSPS) is 17.7. The minimum absolute atomic E-state index is 0.0844. The summed E-state index contributed by atoms with van der Waals surface area (Å²) in [7, 11) is 1.61. The molecule has 1 N–H and O–H groups in total. The van der Waals surface area contributed by atoms with E-state index in [4.69, 9.17) is 4.74 Å². The van der Waals surface area contributed by atoms with Gasteiger partial charge in [0.1, 0.15) is 17.5 Å². The predicted octanol–water partition coefficient (Wildman–Crippen LogP) is 2.23. The van der Waals surface area contributed by atoms with Gasteiger partial charge in [-0.3, -0.25) is 9.59 Å². The highest BCUT2D eigenvalue weighted by atomic mass is 16.5. The summed E-state index contributed by atoms with van der Waals surface area (Å²) in [4.78, 5) is 31.3. The lowest BCUT2D eigenvalue weighted by atomic mass is 9.99. The third kappa shape index (κ3) is 3.57. The maximum absolute atomic E-state index is 13.0. The zero-order valence-corrected chi connectivity index (χ0v) is 14.8. The van der Waals surface area contributed by atoms with Crippen LogP contribution < -0.4 is 10.1 Å². The number of pyridine rings is 1. The van der Waals surface area contributed by atoms with E-state index in [1.165, 1.54) is 0 Å². The largest absolute Gasteiger partial charge is 0.497 e. The number of hydrogen-bond acceptors (Lipinski definition) is 4. The molecule has 2 heterocycles. The van der Waals surface area contributed by atoms with Gasteiger partial charge in [-0.1, -0.05) is 19.9 Å². The molecule has 1 unspecified atom stereocenters. The van der Waals surface area contributed by atoms with E-state index in [0.717, 1.165) is 16.7 Å². The van der Waals surface area contributed by atoms with Gasteiger partial charge in [-0.25, -0.2) is 4.98 Å². The fourth-order valence-electron chi connectivity index (χ4n) is 3.14. The van der Waals surface area contributed by atoms with Gasteiger partial charge in [0, 0.05) is 18.5 Å². The Bertz CT molecular complexity index is 804. The number of rotatable bonds is 4. The van der Waals surface area contributed by atoms with Crippen molar-refractivity contribution in [1.82, 2.24) is 15.2 Å². The SMILES string of the molecule is COc1ccc2nc(C(=O)N3CCNC(=O)C3CC(C)C)ccc2c1. The average Bonchev–Trinajstić information content (AvgIpc) is 2.61. The van der Waals surface area contributed by atoms with Crippen LogP contribution in [0.1, 0.15) is 30.8 Å². The summed E-state index contributed by atoms with van der Waals surface area (Å²) in [5.41, 5.74) is 1.09. The number of aromatic nitrogens is 1. The van der Waals surface area contributed by atoms with Gasteiger partial charge in [-0.05, 0) is 36.6 Å². The van der Waals surface area contributed by atoms with Gasteiger partial charge in [0.2, 0.25) is 5.91 Å². The molecule has 6 heteroatoms. The first-order valence-electron chi connectivity index (χ1n) is 8.53. The Morgan fingerprint density at radius 3 is 2.88 bits per heavy atom. The van der Waals surface area contributed by atoms with E-state index < -0.39 is 6.04 Å². The van der Waals surface area contributed by atoms with E-state index in [2.05, 4.69) is 10.3 Å². The van der Waals surface area contributed by atoms with Crippen molar-refractivity contribution in [3.63, 3.8) is 0 Å². The second kappa shape index (κ2) is 7.09. The molecule has 1 aliphatic heterocycles. The highest BCUT2D eigenvalue weighted by Gasteiger charge is 2.34. The second-order valence-corrected chi connectivity index (χ2v) is 6.69. The first-order valence-corrected chi connectivity index (χ1v) is 8.53. The van der Waals surface area contributed by atoms with Crippen LogP contribution in [0.5, 0.6) is 5.75 Å². The van der Waals surface area contributed by atoms with Crippen LogP contribution in [0.25, 0.3) is 10.9 Å². The quantitative estimate of drug-likeness (QED) is 0.926. The molecule has 1 saturated heterocycles. The molecule has 0 spiro atoms. The average molecular weight is 341 g/mol. The van der Waals surface area contributed by atoms with Gasteiger partial charge in [0.15, 0.2) is 0 Å². The lowest BCUT2D eigenvalue weighted by Crippen LogP contribution is -2.57. The molecule has 1 aromatic heterocycles. The van der Waals surface area contributed by atoms with Crippen molar-refractivity contribution in [2.75, 3.05) is 20.2 Å². The van der Waals surface area contributed by atoms with E-state index >= 15 is 0 Å². The number of nitrogens with zero attached hydrogens (tertiary/aromatic N) is 2. The van der Waals surface area contributed by atoms with Crippen LogP contribution in [0.3, 0.4) is 0 Å². The van der Waals surface area contributed by atoms with Crippen LogP contribution in [0.15, 0.2) is 30.3 Å². The Morgan fingerprint density at radius 2 is 2.16 bits per heavy atom. The molecule has 2 aromatic rings. The van der Waals surface area contributed by atoms with Crippen LogP contribution in [-0.2, 0) is 4.79 Å². The van der Waals surface area contributed by atoms with Crippen LogP contribution in [-0.4, -0.2) is 47.9 Å². The van der Waals surface area contributed by atoms with Crippen molar-refractivity contribution in [2.24, 2.45) is 5.92 Å². The van der Waals surface area contributed by atoms with Gasteiger partial charge in [0.25, 0.3) is 5.91 Å². The topological polar surface area (TPSA) is 71.5 Å². The number of nitrogens with one attached hydrogen (secondary N) is 1. The first kappa shape index (κ1) is 17.2. The molecule has 1 aliphatic rings. The Balaban J connectivity index is 1.90. The number of piperazine rings is 1. The highest BCUT2D eigenvalue weighted by Crippen LogP contribution is 2.21. The molecule has 0 bridgehead atoms. The third-order valence-electron chi connectivity index (χ3n) is 4.40. The summed E-state index contributed by atoms with van der Waals surface area (Å²) < 4.78 is 5.21. The highest BCUT2D eigenvalue weighted by molar-refractivity contribution is 5.98. The summed E-state index contributed by atoms with van der Waals surface area (Å²) in [6.07, 6.45) is 0.641. The molecule has 1 aromatic carbocycles. The molecule has 6 nitrogen and oxygen atoms in total. The number of hydrogen-bond donors (Lipinski definition) is 1. The summed E-state index contributed by atoms with van der Waals surface area (Å²) >= 11 is 0. The maximum atomic E-state index is 13.0. The van der Waals surface area contributed by atoms with Gasteiger partial charge in [-0.15, -0.1) is 0 Å². The number of fused-ring (bicyclic) bond motifs is 1. The van der Waals surface area contributed by atoms with E-state index in [9.17, 15) is 9.59 Å². The monoisotopic (exact) mass is 341 g/mol. The molecular formula is C19H23N3O3. The van der Waals surface area contributed by atoms with Gasteiger partial charge >= 0.3 is 0 Å². The van der Waals surface area contributed by atoms with E-state index in [0.29, 0.717) is 31.1 Å². The van der Waals surface area contributed by atoms with E-state index in [1.807, 2.05) is 38.1 Å². The van der Waals surface area contributed by atoms with Crippen LogP contribution >= 0.6 is 0 Å². The molecule has 3 rings (SSSR count). The number of amides is 2. The van der Waals surface area contributed by atoms with Gasteiger partial charge in [0.05, 0.1) is 12.6 Å². The van der Waals surface area contributed by atoms with Crippen LogP contribution in [0, 0.1) is 5.92 Å². The Hall–Kier alpha value is -2.63. The fraction of sp³-hybridized carbons (Fsp3) is 0.421. The zero-order valence-electron chi connectivity index (χ0n) is 14.8. The third-order valence-corrected chi connectivity index (χ3v) is 4.40. The molecular weight excluding hydrogens is 318 g/mol. The van der Waals surface area contributed by atoms with Gasteiger partial charge < -0.3 is 15.0 Å². The minimum atomic E-state index is -0.436. The van der Waals surface area contributed by atoms with Gasteiger partial charge in [-0.2, -0.15) is 0 Å². The van der Waals surface area contributed by atoms with Crippen molar-refractivity contribution in [3.8, 4) is 5.75 Å².